The van der Waals surface area contributed by atoms with Gasteiger partial charge in [-0.2, -0.15) is 0 Å². The number of rotatable bonds is 8. The first-order chi connectivity index (χ1) is 11.4. The Morgan fingerprint density at radius 2 is 2.00 bits per heavy atom. The number of amides is 3. The molecule has 2 atom stereocenters. The van der Waals surface area contributed by atoms with Crippen molar-refractivity contribution in [1.29, 1.82) is 0 Å². The van der Waals surface area contributed by atoms with E-state index in [-0.39, 0.29) is 19.0 Å². The number of hydrogen-bond donors (Lipinski definition) is 7. The number of unbranched alkanes of at least 4 members (excludes halogenated alkanes) is 1. The molecule has 7 N–H and O–H groups in total. The Kier molecular flexibility index (Phi) is 8.76. The zero-order valence-corrected chi connectivity index (χ0v) is 13.6. The smallest absolute Gasteiger partial charge is 0.321 e. The lowest BCUT2D eigenvalue weighted by Crippen LogP contribution is -2.47. The van der Waals surface area contributed by atoms with Gasteiger partial charge >= 0.3 is 6.03 Å². The molecule has 0 saturated carbocycles. The molecule has 0 aliphatic carbocycles. The Bertz CT molecular complexity index is 494. The van der Waals surface area contributed by atoms with Gasteiger partial charge in [0.15, 0.2) is 6.23 Å². The van der Waals surface area contributed by atoms with E-state index in [0.29, 0.717) is 31.6 Å². The lowest BCUT2D eigenvalue weighted by Gasteiger charge is -2.17. The molecule has 0 aromatic rings. The van der Waals surface area contributed by atoms with Crippen molar-refractivity contribution in [3.05, 3.63) is 11.8 Å². The van der Waals surface area contributed by atoms with Gasteiger partial charge in [-0.15, -0.1) is 0 Å². The van der Waals surface area contributed by atoms with Crippen LogP contribution >= 0.6 is 0 Å². The first-order valence-electron chi connectivity index (χ1n) is 7.75. The third-order valence-electron chi connectivity index (χ3n) is 3.10. The topological polar surface area (TPSA) is 155 Å². The second-order valence-corrected chi connectivity index (χ2v) is 5.27. The summed E-state index contributed by atoms with van der Waals surface area (Å²) < 4.78 is 0. The van der Waals surface area contributed by atoms with E-state index < -0.39 is 24.3 Å². The average Bonchev–Trinajstić information content (AvgIpc) is 2.49. The molecule has 0 fully saturated rings. The average molecular weight is 343 g/mol. The van der Waals surface area contributed by atoms with Crippen LogP contribution in [0, 0.1) is 0 Å². The van der Waals surface area contributed by atoms with E-state index >= 15 is 0 Å². The van der Waals surface area contributed by atoms with Gasteiger partial charge in [-0.3, -0.25) is 10.1 Å². The molecule has 3 amide bonds. The number of nitrogens with zero attached hydrogens (tertiary/aromatic N) is 1. The van der Waals surface area contributed by atoms with Crippen LogP contribution in [-0.4, -0.2) is 65.2 Å². The van der Waals surface area contributed by atoms with Gasteiger partial charge < -0.3 is 31.3 Å². The molecule has 0 radical (unpaired) electrons. The molecule has 0 spiro atoms. The molecule has 136 valence electrons. The molecule has 1 aliphatic heterocycles. The van der Waals surface area contributed by atoms with Crippen molar-refractivity contribution in [2.75, 3.05) is 19.7 Å². The van der Waals surface area contributed by atoms with Crippen molar-refractivity contribution in [2.24, 2.45) is 4.99 Å². The van der Waals surface area contributed by atoms with Crippen molar-refractivity contribution in [3.8, 4) is 0 Å². The maximum absolute atomic E-state index is 11.7. The number of aliphatic imine (C=N–C) groups is 1. The maximum atomic E-state index is 11.7. The van der Waals surface area contributed by atoms with E-state index in [4.69, 9.17) is 5.11 Å². The quantitative estimate of drug-likeness (QED) is 0.256. The molecule has 2 unspecified atom stereocenters. The summed E-state index contributed by atoms with van der Waals surface area (Å²) in [5.41, 5.74) is 0.687. The number of urea groups is 1. The van der Waals surface area contributed by atoms with Gasteiger partial charge in [0.25, 0.3) is 0 Å². The van der Waals surface area contributed by atoms with Crippen LogP contribution in [0.1, 0.15) is 26.2 Å². The van der Waals surface area contributed by atoms with Gasteiger partial charge in [0.2, 0.25) is 11.9 Å². The van der Waals surface area contributed by atoms with Crippen molar-refractivity contribution in [3.63, 3.8) is 0 Å². The SMILES string of the molecule is CC1=CC(O)N=C(NC(=O)NCCCCNC(=O)C(O)CCO)N1. The summed E-state index contributed by atoms with van der Waals surface area (Å²) in [6, 6.07) is -0.453. The number of nitrogens with one attached hydrogen (secondary N) is 4. The molecule has 1 rings (SSSR count). The number of aliphatic hydroxyl groups excluding tert-OH is 3. The molecule has 10 heteroatoms. The Labute approximate surface area is 140 Å². The molecule has 0 saturated heterocycles. The lowest BCUT2D eigenvalue weighted by atomic mass is 10.2. The summed E-state index contributed by atoms with van der Waals surface area (Å²) in [7, 11) is 0. The number of carbonyl (C=O) groups excluding carboxylic acids is 2. The van der Waals surface area contributed by atoms with Crippen LogP contribution in [-0.2, 0) is 4.79 Å². The normalized spacial score (nSPS) is 17.9. The zero-order valence-electron chi connectivity index (χ0n) is 13.6. The van der Waals surface area contributed by atoms with Crippen LogP contribution in [0.3, 0.4) is 0 Å². The molecule has 24 heavy (non-hydrogen) atoms. The van der Waals surface area contributed by atoms with Crippen LogP contribution in [0.25, 0.3) is 0 Å². The van der Waals surface area contributed by atoms with E-state index in [2.05, 4.69) is 26.3 Å². The lowest BCUT2D eigenvalue weighted by molar-refractivity contribution is -0.130. The van der Waals surface area contributed by atoms with Gasteiger partial charge in [0.1, 0.15) is 6.10 Å². The number of allylic oxidation sites excluding steroid dienone is 1. The number of carbonyl (C=O) groups is 2. The third-order valence-corrected chi connectivity index (χ3v) is 3.10. The highest BCUT2D eigenvalue weighted by Gasteiger charge is 2.13. The van der Waals surface area contributed by atoms with E-state index in [0.717, 1.165) is 0 Å². The van der Waals surface area contributed by atoms with Crippen molar-refractivity contribution >= 4 is 17.9 Å². The van der Waals surface area contributed by atoms with E-state index in [9.17, 15) is 19.8 Å². The summed E-state index contributed by atoms with van der Waals surface area (Å²) in [4.78, 5) is 26.8. The first kappa shape index (κ1) is 19.9. The fourth-order valence-corrected chi connectivity index (χ4v) is 1.90. The highest BCUT2D eigenvalue weighted by atomic mass is 16.3. The second kappa shape index (κ2) is 10.6. The van der Waals surface area contributed by atoms with Crippen LogP contribution in [0.5, 0.6) is 0 Å². The van der Waals surface area contributed by atoms with E-state index in [1.54, 1.807) is 6.92 Å². The Morgan fingerprint density at radius 3 is 2.62 bits per heavy atom. The fourth-order valence-electron chi connectivity index (χ4n) is 1.90. The van der Waals surface area contributed by atoms with E-state index in [1.165, 1.54) is 6.08 Å². The molecule has 0 bridgehead atoms. The maximum Gasteiger partial charge on any atom is 0.321 e. The van der Waals surface area contributed by atoms with Crippen molar-refractivity contribution in [1.82, 2.24) is 21.3 Å². The van der Waals surface area contributed by atoms with E-state index in [1.807, 2.05) is 0 Å². The van der Waals surface area contributed by atoms with Crippen molar-refractivity contribution < 1.29 is 24.9 Å². The van der Waals surface area contributed by atoms with Crippen LogP contribution in [0.4, 0.5) is 4.79 Å². The van der Waals surface area contributed by atoms with Crippen molar-refractivity contribution in [2.45, 2.75) is 38.5 Å². The summed E-state index contributed by atoms with van der Waals surface area (Å²) in [5.74, 6) is -0.344. The summed E-state index contributed by atoms with van der Waals surface area (Å²) >= 11 is 0. The summed E-state index contributed by atoms with van der Waals surface area (Å²) in [6.45, 7) is 2.25. The first-order valence-corrected chi connectivity index (χ1v) is 7.75. The predicted molar refractivity (Wildman–Crippen MR) is 86.8 cm³/mol. The predicted octanol–water partition coefficient (Wildman–Crippen LogP) is -1.89. The largest absolute Gasteiger partial charge is 0.396 e. The van der Waals surface area contributed by atoms with Crippen LogP contribution in [0.15, 0.2) is 16.8 Å². The Balaban J connectivity index is 2.09. The molecule has 1 heterocycles. The van der Waals surface area contributed by atoms with Gasteiger partial charge in [-0.05, 0) is 25.8 Å². The van der Waals surface area contributed by atoms with Gasteiger partial charge in [0, 0.05) is 31.8 Å². The molecule has 0 aromatic carbocycles. The van der Waals surface area contributed by atoms with Crippen LogP contribution < -0.4 is 21.3 Å². The van der Waals surface area contributed by atoms with Gasteiger partial charge in [-0.25, -0.2) is 9.79 Å². The summed E-state index contributed by atoms with van der Waals surface area (Å²) in [5, 5.41) is 37.8. The molecule has 1 aliphatic rings. The number of guanidine groups is 1. The highest BCUT2D eigenvalue weighted by Crippen LogP contribution is 2.00. The fraction of sp³-hybridized carbons (Fsp3) is 0.643. The second-order valence-electron chi connectivity index (χ2n) is 5.27. The minimum atomic E-state index is -1.20. The van der Waals surface area contributed by atoms with Gasteiger partial charge in [-0.1, -0.05) is 0 Å². The number of aliphatic hydroxyl groups is 3. The Hall–Kier alpha value is -2.17. The zero-order chi connectivity index (χ0) is 17.9. The molecule has 10 nitrogen and oxygen atoms in total. The standard InChI is InChI=1S/C14H25N5O5/c1-9-8-11(22)18-13(17-9)19-14(24)16-6-3-2-5-15-12(23)10(21)4-7-20/h8,10-11,20-22H,2-7H2,1H3,(H,15,23)(H3,16,17,18,19,24). The molecular formula is C14H25N5O5. The summed E-state index contributed by atoms with van der Waals surface area (Å²) in [6.07, 6.45) is 0.592. The third kappa shape index (κ3) is 7.90. The monoisotopic (exact) mass is 343 g/mol. The number of hydrogen-bond acceptors (Lipinski definition) is 7. The highest BCUT2D eigenvalue weighted by molar-refractivity contribution is 5.97. The Morgan fingerprint density at radius 1 is 1.33 bits per heavy atom. The minimum absolute atomic E-state index is 0.00877. The molecule has 0 aromatic heterocycles. The minimum Gasteiger partial charge on any atom is -0.396 e. The van der Waals surface area contributed by atoms with Gasteiger partial charge in [0.05, 0.1) is 0 Å². The van der Waals surface area contributed by atoms with Crippen LogP contribution in [0.2, 0.25) is 0 Å². The molecular weight excluding hydrogens is 318 g/mol.